The van der Waals surface area contributed by atoms with Crippen molar-refractivity contribution >= 4 is 69.6 Å². The molecule has 0 aliphatic carbocycles. The number of hydrogen-bond acceptors (Lipinski definition) is 3. The molecule has 0 aliphatic heterocycles. The lowest BCUT2D eigenvalue weighted by atomic mass is 10.3. The van der Waals surface area contributed by atoms with Gasteiger partial charge in [-0.1, -0.05) is 58.5 Å². The Bertz CT molecular complexity index is 722. The molecule has 0 aliphatic rings. The number of anilines is 2. The van der Waals surface area contributed by atoms with Crippen molar-refractivity contribution in [2.24, 2.45) is 0 Å². The minimum atomic E-state index is -0.355. The molecule has 2 aromatic carbocycles. The third kappa shape index (κ3) is 5.76. The Hall–Kier alpha value is -1.50. The first-order valence-corrected chi connectivity index (χ1v) is 8.95. The van der Waals surface area contributed by atoms with Gasteiger partial charge in [-0.05, 0) is 31.3 Å². The Labute approximate surface area is 171 Å². The number of halogens is 4. The molecule has 0 bridgehead atoms. The summed E-state index contributed by atoms with van der Waals surface area (Å²) < 4.78 is 0. The molecule has 2 amide bonds. The van der Waals surface area contributed by atoms with Gasteiger partial charge in [0.1, 0.15) is 0 Å². The number of hydrogen-bond donors (Lipinski definition) is 2. The van der Waals surface area contributed by atoms with Gasteiger partial charge >= 0.3 is 0 Å². The van der Waals surface area contributed by atoms with Crippen LogP contribution in [0.25, 0.3) is 0 Å². The van der Waals surface area contributed by atoms with Gasteiger partial charge in [-0.15, -0.1) is 0 Å². The predicted molar refractivity (Wildman–Crippen MR) is 108 cm³/mol. The van der Waals surface area contributed by atoms with Crippen LogP contribution in [0.1, 0.15) is 0 Å². The summed E-state index contributed by atoms with van der Waals surface area (Å²) in [5, 5.41) is 6.60. The van der Waals surface area contributed by atoms with Crippen LogP contribution in [0.4, 0.5) is 11.4 Å². The van der Waals surface area contributed by atoms with Crippen molar-refractivity contribution in [1.82, 2.24) is 4.90 Å². The average molecular weight is 435 g/mol. The van der Waals surface area contributed by atoms with Crippen LogP contribution < -0.4 is 10.6 Å². The van der Waals surface area contributed by atoms with Gasteiger partial charge in [-0.2, -0.15) is 0 Å². The molecule has 9 heteroatoms. The quantitative estimate of drug-likeness (QED) is 0.685. The summed E-state index contributed by atoms with van der Waals surface area (Å²) in [6.45, 7) is -0.0730. The van der Waals surface area contributed by atoms with Gasteiger partial charge in [0.25, 0.3) is 0 Å². The average Bonchev–Trinajstić information content (AvgIpc) is 2.54. The van der Waals surface area contributed by atoms with Crippen molar-refractivity contribution in [3.8, 4) is 0 Å². The lowest BCUT2D eigenvalue weighted by molar-refractivity contribution is -0.119. The van der Waals surface area contributed by atoms with Crippen LogP contribution in [-0.2, 0) is 9.59 Å². The fourth-order valence-electron chi connectivity index (χ4n) is 2.14. The van der Waals surface area contributed by atoms with Crippen LogP contribution in [-0.4, -0.2) is 36.9 Å². The molecule has 0 heterocycles. The van der Waals surface area contributed by atoms with Gasteiger partial charge in [0, 0.05) is 0 Å². The highest BCUT2D eigenvalue weighted by molar-refractivity contribution is 6.40. The number of benzene rings is 2. The SMILES string of the molecule is CN(CC(=O)Nc1c(Cl)cccc1Cl)CC(=O)Nc1c(Cl)cccc1Cl. The second-order valence-corrected chi connectivity index (χ2v) is 7.09. The molecule has 0 saturated carbocycles. The number of carbonyl (C=O) groups excluding carboxylic acids is 2. The van der Waals surface area contributed by atoms with Gasteiger partial charge < -0.3 is 10.6 Å². The Morgan fingerprint density at radius 2 is 1.08 bits per heavy atom. The first-order valence-electron chi connectivity index (χ1n) is 7.44. The number of amides is 2. The van der Waals surface area contributed by atoms with E-state index in [0.717, 1.165) is 0 Å². The minimum absolute atomic E-state index is 0.0365. The van der Waals surface area contributed by atoms with Crippen molar-refractivity contribution < 1.29 is 9.59 Å². The summed E-state index contributed by atoms with van der Waals surface area (Å²) in [5.41, 5.74) is 0.670. The maximum absolute atomic E-state index is 12.1. The van der Waals surface area contributed by atoms with Gasteiger partial charge in [-0.25, -0.2) is 0 Å². The zero-order chi connectivity index (χ0) is 19.3. The lowest BCUT2D eigenvalue weighted by Crippen LogP contribution is -2.36. The highest BCUT2D eigenvalue weighted by Gasteiger charge is 2.15. The van der Waals surface area contributed by atoms with Gasteiger partial charge in [-0.3, -0.25) is 14.5 Å². The van der Waals surface area contributed by atoms with Crippen LogP contribution in [0.2, 0.25) is 20.1 Å². The van der Waals surface area contributed by atoms with Crippen molar-refractivity contribution in [1.29, 1.82) is 0 Å². The molecule has 0 atom stereocenters. The van der Waals surface area contributed by atoms with E-state index in [1.54, 1.807) is 43.4 Å². The molecule has 26 heavy (non-hydrogen) atoms. The standard InChI is InChI=1S/C17H15Cl4N3O2/c1-24(8-14(25)22-16-10(18)4-2-5-11(16)19)9-15(26)23-17-12(20)6-3-7-13(17)21/h2-7H,8-9H2,1H3,(H,22,25)(H,23,26). The maximum Gasteiger partial charge on any atom is 0.238 e. The molecule has 2 N–H and O–H groups in total. The van der Waals surface area contributed by atoms with E-state index in [2.05, 4.69) is 10.6 Å². The maximum atomic E-state index is 12.1. The van der Waals surface area contributed by atoms with Crippen molar-refractivity contribution in [2.45, 2.75) is 0 Å². The zero-order valence-corrected chi connectivity index (χ0v) is 16.7. The number of para-hydroxylation sites is 2. The van der Waals surface area contributed by atoms with Crippen molar-refractivity contribution in [3.63, 3.8) is 0 Å². The molecule has 0 radical (unpaired) electrons. The van der Waals surface area contributed by atoms with E-state index >= 15 is 0 Å². The van der Waals surface area contributed by atoms with E-state index in [1.807, 2.05) is 0 Å². The van der Waals surface area contributed by atoms with E-state index < -0.39 is 0 Å². The summed E-state index contributed by atoms with van der Waals surface area (Å²) in [6, 6.07) is 9.83. The van der Waals surface area contributed by atoms with Crippen molar-refractivity contribution in [3.05, 3.63) is 56.5 Å². The third-order valence-corrected chi connectivity index (χ3v) is 4.54. The van der Waals surface area contributed by atoms with Crippen LogP contribution in [0.15, 0.2) is 36.4 Å². The molecule has 138 valence electrons. The second kappa shape index (κ2) is 9.44. The first-order chi connectivity index (χ1) is 12.3. The highest BCUT2D eigenvalue weighted by Crippen LogP contribution is 2.30. The molecule has 0 aromatic heterocycles. The molecular weight excluding hydrogens is 420 g/mol. The molecule has 0 fully saturated rings. The van der Waals surface area contributed by atoms with Crippen LogP contribution in [0.5, 0.6) is 0 Å². The minimum Gasteiger partial charge on any atom is -0.322 e. The predicted octanol–water partition coefficient (Wildman–Crippen LogP) is 4.81. The molecule has 2 rings (SSSR count). The number of rotatable bonds is 6. The molecule has 2 aromatic rings. The van der Waals surface area contributed by atoms with E-state index in [0.29, 0.717) is 31.5 Å². The van der Waals surface area contributed by atoms with Crippen LogP contribution >= 0.6 is 46.4 Å². The third-order valence-electron chi connectivity index (χ3n) is 3.28. The number of nitrogens with zero attached hydrogens (tertiary/aromatic N) is 1. The number of nitrogens with one attached hydrogen (secondary N) is 2. The molecule has 0 spiro atoms. The molecular formula is C17H15Cl4N3O2. The summed E-state index contributed by atoms with van der Waals surface area (Å²) >= 11 is 24.0. The summed E-state index contributed by atoms with van der Waals surface area (Å²) in [4.78, 5) is 25.8. The molecule has 5 nitrogen and oxygen atoms in total. The first kappa shape index (κ1) is 20.8. The smallest absolute Gasteiger partial charge is 0.238 e. The van der Waals surface area contributed by atoms with Gasteiger partial charge in [0.2, 0.25) is 11.8 Å². The van der Waals surface area contributed by atoms with Crippen LogP contribution in [0.3, 0.4) is 0 Å². The molecule has 0 saturated heterocycles. The lowest BCUT2D eigenvalue weighted by Gasteiger charge is -2.17. The summed E-state index contributed by atoms with van der Waals surface area (Å²) in [5.74, 6) is -0.711. The zero-order valence-electron chi connectivity index (χ0n) is 13.7. The van der Waals surface area contributed by atoms with E-state index in [9.17, 15) is 9.59 Å². The van der Waals surface area contributed by atoms with E-state index in [1.165, 1.54) is 4.90 Å². The van der Waals surface area contributed by atoms with Crippen molar-refractivity contribution in [2.75, 3.05) is 30.8 Å². The van der Waals surface area contributed by atoms with E-state index in [4.69, 9.17) is 46.4 Å². The normalized spacial score (nSPS) is 10.7. The summed E-state index contributed by atoms with van der Waals surface area (Å²) in [7, 11) is 1.63. The second-order valence-electron chi connectivity index (χ2n) is 5.46. The Morgan fingerprint density at radius 3 is 1.38 bits per heavy atom. The van der Waals surface area contributed by atoms with E-state index in [-0.39, 0.29) is 24.9 Å². The Kier molecular flexibility index (Phi) is 7.55. The number of likely N-dealkylation sites (N-methyl/N-ethyl adjacent to an activating group) is 1. The Balaban J connectivity index is 1.90. The summed E-state index contributed by atoms with van der Waals surface area (Å²) in [6.07, 6.45) is 0. The Morgan fingerprint density at radius 1 is 0.769 bits per heavy atom. The van der Waals surface area contributed by atoms with Gasteiger partial charge in [0.15, 0.2) is 0 Å². The largest absolute Gasteiger partial charge is 0.322 e. The molecule has 0 unspecified atom stereocenters. The van der Waals surface area contributed by atoms with Crippen LogP contribution in [0, 0.1) is 0 Å². The fourth-order valence-corrected chi connectivity index (χ4v) is 3.12. The topological polar surface area (TPSA) is 61.4 Å². The monoisotopic (exact) mass is 433 g/mol. The number of carbonyl (C=O) groups is 2. The fraction of sp³-hybridized carbons (Fsp3) is 0.176. The van der Waals surface area contributed by atoms with Gasteiger partial charge in [0.05, 0.1) is 44.6 Å². The highest BCUT2D eigenvalue weighted by atomic mass is 35.5.